The highest BCUT2D eigenvalue weighted by atomic mass is 15.4. The van der Waals surface area contributed by atoms with Crippen LogP contribution >= 0.6 is 0 Å². The van der Waals surface area contributed by atoms with E-state index in [-0.39, 0.29) is 5.54 Å². The standard InChI is InChI=1S/C14H21N3/c1-10(2)17-13(15)16-9-14(17,4)12-7-5-11(3)6-8-12/h5-8,10H,9H2,1-4H3,(H2,15,16). The molecular weight excluding hydrogens is 210 g/mol. The topological polar surface area (TPSA) is 41.6 Å². The zero-order valence-corrected chi connectivity index (χ0v) is 11.1. The third-order valence-corrected chi connectivity index (χ3v) is 3.52. The summed E-state index contributed by atoms with van der Waals surface area (Å²) in [4.78, 5) is 6.62. The summed E-state index contributed by atoms with van der Waals surface area (Å²) in [6.45, 7) is 9.35. The number of rotatable bonds is 2. The van der Waals surface area contributed by atoms with E-state index in [1.807, 2.05) is 0 Å². The summed E-state index contributed by atoms with van der Waals surface area (Å²) >= 11 is 0. The van der Waals surface area contributed by atoms with Gasteiger partial charge < -0.3 is 10.6 Å². The molecule has 0 spiro atoms. The van der Waals surface area contributed by atoms with Crippen molar-refractivity contribution < 1.29 is 0 Å². The molecule has 1 unspecified atom stereocenters. The lowest BCUT2D eigenvalue weighted by Gasteiger charge is -2.39. The molecule has 0 aliphatic carbocycles. The molecule has 1 heterocycles. The molecule has 2 N–H and O–H groups in total. The van der Waals surface area contributed by atoms with Crippen LogP contribution in [0.25, 0.3) is 0 Å². The van der Waals surface area contributed by atoms with Crippen molar-refractivity contribution in [1.82, 2.24) is 4.90 Å². The van der Waals surface area contributed by atoms with Crippen LogP contribution in [0.2, 0.25) is 0 Å². The maximum Gasteiger partial charge on any atom is 0.192 e. The molecule has 1 aliphatic rings. The van der Waals surface area contributed by atoms with Gasteiger partial charge in [0.2, 0.25) is 0 Å². The highest BCUT2D eigenvalue weighted by Crippen LogP contribution is 2.34. The second-order valence-electron chi connectivity index (χ2n) is 5.28. The summed E-state index contributed by atoms with van der Waals surface area (Å²) in [5, 5.41) is 0. The predicted octanol–water partition coefficient (Wildman–Crippen LogP) is 2.25. The first-order valence-electron chi connectivity index (χ1n) is 6.11. The minimum absolute atomic E-state index is 0.105. The number of aryl methyl sites for hydroxylation is 1. The lowest BCUT2D eigenvalue weighted by molar-refractivity contribution is 0.185. The van der Waals surface area contributed by atoms with Crippen LogP contribution in [-0.2, 0) is 5.54 Å². The first kappa shape index (κ1) is 12.0. The molecule has 0 saturated carbocycles. The number of hydrogen-bond acceptors (Lipinski definition) is 3. The number of hydrogen-bond donors (Lipinski definition) is 1. The molecule has 17 heavy (non-hydrogen) atoms. The van der Waals surface area contributed by atoms with E-state index in [0.29, 0.717) is 12.0 Å². The second kappa shape index (κ2) is 4.06. The number of nitrogens with zero attached hydrogens (tertiary/aromatic N) is 2. The van der Waals surface area contributed by atoms with E-state index < -0.39 is 0 Å². The van der Waals surface area contributed by atoms with Gasteiger partial charge in [-0.2, -0.15) is 0 Å². The van der Waals surface area contributed by atoms with E-state index in [4.69, 9.17) is 5.73 Å². The van der Waals surface area contributed by atoms with E-state index in [2.05, 4.69) is 61.9 Å². The number of benzene rings is 1. The van der Waals surface area contributed by atoms with Gasteiger partial charge in [-0.3, -0.25) is 4.99 Å². The van der Waals surface area contributed by atoms with Crippen LogP contribution in [0, 0.1) is 6.92 Å². The SMILES string of the molecule is Cc1ccc(C2(C)CN=C(N)N2C(C)C)cc1. The average Bonchev–Trinajstić information content (AvgIpc) is 2.56. The van der Waals surface area contributed by atoms with Crippen LogP contribution < -0.4 is 5.73 Å². The van der Waals surface area contributed by atoms with E-state index in [9.17, 15) is 0 Å². The van der Waals surface area contributed by atoms with Crippen LogP contribution in [0.5, 0.6) is 0 Å². The Bertz CT molecular complexity index is 433. The van der Waals surface area contributed by atoms with Gasteiger partial charge in [0.1, 0.15) is 0 Å². The average molecular weight is 231 g/mol. The maximum absolute atomic E-state index is 6.00. The van der Waals surface area contributed by atoms with Crippen molar-refractivity contribution in [1.29, 1.82) is 0 Å². The van der Waals surface area contributed by atoms with Gasteiger partial charge in [-0.05, 0) is 33.3 Å². The Morgan fingerprint density at radius 3 is 2.41 bits per heavy atom. The third kappa shape index (κ3) is 1.90. The van der Waals surface area contributed by atoms with E-state index >= 15 is 0 Å². The second-order valence-corrected chi connectivity index (χ2v) is 5.28. The van der Waals surface area contributed by atoms with Crippen LogP contribution in [-0.4, -0.2) is 23.4 Å². The maximum atomic E-state index is 6.00. The minimum atomic E-state index is -0.105. The Morgan fingerprint density at radius 1 is 1.29 bits per heavy atom. The van der Waals surface area contributed by atoms with Crippen LogP contribution in [0.15, 0.2) is 29.3 Å². The lowest BCUT2D eigenvalue weighted by Crippen LogP contribution is -2.51. The van der Waals surface area contributed by atoms with E-state index in [0.717, 1.165) is 6.54 Å². The Morgan fingerprint density at radius 2 is 1.88 bits per heavy atom. The van der Waals surface area contributed by atoms with Gasteiger partial charge in [0.15, 0.2) is 5.96 Å². The molecule has 0 amide bonds. The Hall–Kier alpha value is -1.51. The summed E-state index contributed by atoms with van der Waals surface area (Å²) in [5.41, 5.74) is 8.45. The van der Waals surface area contributed by atoms with Crippen molar-refractivity contribution in [3.05, 3.63) is 35.4 Å². The van der Waals surface area contributed by atoms with Gasteiger partial charge in [0.05, 0.1) is 12.1 Å². The predicted molar refractivity (Wildman–Crippen MR) is 72.0 cm³/mol. The molecular formula is C14H21N3. The molecule has 0 radical (unpaired) electrons. The smallest absolute Gasteiger partial charge is 0.192 e. The molecule has 1 aliphatic heterocycles. The molecule has 1 atom stereocenters. The summed E-state index contributed by atoms with van der Waals surface area (Å²) in [7, 11) is 0. The quantitative estimate of drug-likeness (QED) is 0.848. The number of guanidine groups is 1. The first-order chi connectivity index (χ1) is 7.95. The monoisotopic (exact) mass is 231 g/mol. The normalized spacial score (nSPS) is 24.3. The Labute approximate surface area is 103 Å². The highest BCUT2D eigenvalue weighted by molar-refractivity contribution is 5.81. The first-order valence-corrected chi connectivity index (χ1v) is 6.11. The summed E-state index contributed by atoms with van der Waals surface area (Å²) in [6.07, 6.45) is 0. The van der Waals surface area contributed by atoms with E-state index in [1.165, 1.54) is 11.1 Å². The van der Waals surface area contributed by atoms with E-state index in [1.54, 1.807) is 0 Å². The summed E-state index contributed by atoms with van der Waals surface area (Å²) in [5.74, 6) is 0.656. The fraction of sp³-hybridized carbons (Fsp3) is 0.500. The molecule has 92 valence electrons. The largest absolute Gasteiger partial charge is 0.370 e. The van der Waals surface area contributed by atoms with Gasteiger partial charge in [0.25, 0.3) is 0 Å². The molecule has 0 saturated heterocycles. The highest BCUT2D eigenvalue weighted by Gasteiger charge is 2.40. The fourth-order valence-electron chi connectivity index (χ4n) is 2.62. The number of nitrogens with two attached hydrogens (primary N) is 1. The van der Waals surface area contributed by atoms with Crippen LogP contribution in [0.4, 0.5) is 0 Å². The molecule has 0 bridgehead atoms. The van der Waals surface area contributed by atoms with Gasteiger partial charge in [-0.15, -0.1) is 0 Å². The van der Waals surface area contributed by atoms with Gasteiger partial charge >= 0.3 is 0 Å². The van der Waals surface area contributed by atoms with Crippen molar-refractivity contribution in [2.24, 2.45) is 10.7 Å². The third-order valence-electron chi connectivity index (χ3n) is 3.52. The van der Waals surface area contributed by atoms with Gasteiger partial charge in [-0.1, -0.05) is 29.8 Å². The minimum Gasteiger partial charge on any atom is -0.370 e. The van der Waals surface area contributed by atoms with Crippen molar-refractivity contribution in [3.63, 3.8) is 0 Å². The van der Waals surface area contributed by atoms with Crippen molar-refractivity contribution in [2.45, 2.75) is 39.3 Å². The lowest BCUT2D eigenvalue weighted by atomic mass is 9.89. The molecule has 1 aromatic carbocycles. The molecule has 2 rings (SSSR count). The van der Waals surface area contributed by atoms with Crippen LogP contribution in [0.3, 0.4) is 0 Å². The molecule has 0 aromatic heterocycles. The van der Waals surface area contributed by atoms with Crippen molar-refractivity contribution >= 4 is 5.96 Å². The number of aliphatic imine (C=N–C) groups is 1. The zero-order valence-electron chi connectivity index (χ0n) is 11.1. The fourth-order valence-corrected chi connectivity index (χ4v) is 2.62. The van der Waals surface area contributed by atoms with Gasteiger partial charge in [0, 0.05) is 6.04 Å². The molecule has 3 heteroatoms. The van der Waals surface area contributed by atoms with Crippen molar-refractivity contribution in [2.75, 3.05) is 6.54 Å². The zero-order chi connectivity index (χ0) is 12.6. The summed E-state index contributed by atoms with van der Waals surface area (Å²) in [6, 6.07) is 9.01. The summed E-state index contributed by atoms with van der Waals surface area (Å²) < 4.78 is 0. The Kier molecular flexibility index (Phi) is 2.86. The van der Waals surface area contributed by atoms with Crippen molar-refractivity contribution in [3.8, 4) is 0 Å². The molecule has 0 fully saturated rings. The molecule has 1 aromatic rings. The van der Waals surface area contributed by atoms with Crippen LogP contribution in [0.1, 0.15) is 31.9 Å². The molecule has 3 nitrogen and oxygen atoms in total. The Balaban J connectivity index is 2.39. The van der Waals surface area contributed by atoms with Gasteiger partial charge in [-0.25, -0.2) is 0 Å².